The van der Waals surface area contributed by atoms with Crippen LogP contribution in [0.3, 0.4) is 0 Å². The molecule has 0 heterocycles. The smallest absolute Gasteiger partial charge is 0.335 e. The van der Waals surface area contributed by atoms with Crippen LogP contribution < -0.4 is 10.1 Å². The first kappa shape index (κ1) is 15.6. The van der Waals surface area contributed by atoms with Gasteiger partial charge in [0.25, 0.3) is 5.91 Å². The molecule has 0 aromatic heterocycles. The van der Waals surface area contributed by atoms with Crippen molar-refractivity contribution in [3.63, 3.8) is 0 Å². The summed E-state index contributed by atoms with van der Waals surface area (Å²) < 4.78 is 5.18. The van der Waals surface area contributed by atoms with Crippen LogP contribution in [-0.4, -0.2) is 24.1 Å². The Hall–Kier alpha value is -3.34. The van der Waals surface area contributed by atoms with Crippen molar-refractivity contribution in [2.24, 2.45) is 0 Å². The first-order chi connectivity index (χ1) is 11.6. The first-order valence-electron chi connectivity index (χ1n) is 7.30. The number of hydrogen-bond donors (Lipinski definition) is 2. The Morgan fingerprint density at radius 1 is 0.917 bits per heavy atom. The molecule has 0 saturated carbocycles. The summed E-state index contributed by atoms with van der Waals surface area (Å²) in [5.41, 5.74) is 0.872. The number of rotatable bonds is 4. The van der Waals surface area contributed by atoms with Gasteiger partial charge in [-0.2, -0.15) is 0 Å². The highest BCUT2D eigenvalue weighted by Gasteiger charge is 2.13. The lowest BCUT2D eigenvalue weighted by Gasteiger charge is -2.11. The Bertz CT molecular complexity index is 934. The molecule has 0 atom stereocenters. The van der Waals surface area contributed by atoms with Crippen molar-refractivity contribution in [3.8, 4) is 5.75 Å². The van der Waals surface area contributed by atoms with E-state index in [9.17, 15) is 9.59 Å². The molecule has 3 rings (SSSR count). The van der Waals surface area contributed by atoms with Gasteiger partial charge in [-0.25, -0.2) is 4.79 Å². The molecule has 0 radical (unpaired) electrons. The van der Waals surface area contributed by atoms with E-state index in [0.717, 1.165) is 10.8 Å². The SMILES string of the molecule is COc1ccc(C(=O)O)cc1NC(=O)c1ccc2ccccc2c1. The molecule has 0 fully saturated rings. The van der Waals surface area contributed by atoms with Crippen molar-refractivity contribution in [2.75, 3.05) is 12.4 Å². The van der Waals surface area contributed by atoms with Gasteiger partial charge in [0.1, 0.15) is 5.75 Å². The van der Waals surface area contributed by atoms with Crippen LogP contribution in [0, 0.1) is 0 Å². The second-order valence-electron chi connectivity index (χ2n) is 5.24. The predicted octanol–water partition coefficient (Wildman–Crippen LogP) is 3.80. The second kappa shape index (κ2) is 6.42. The van der Waals surface area contributed by atoms with E-state index >= 15 is 0 Å². The molecule has 3 aromatic carbocycles. The van der Waals surface area contributed by atoms with Crippen molar-refractivity contribution in [2.45, 2.75) is 0 Å². The molecule has 0 spiro atoms. The molecule has 0 aliphatic carbocycles. The fourth-order valence-electron chi connectivity index (χ4n) is 2.46. The van der Waals surface area contributed by atoms with Crippen molar-refractivity contribution < 1.29 is 19.4 Å². The largest absolute Gasteiger partial charge is 0.495 e. The second-order valence-corrected chi connectivity index (χ2v) is 5.24. The van der Waals surface area contributed by atoms with Gasteiger partial charge in [-0.1, -0.05) is 30.3 Å². The van der Waals surface area contributed by atoms with Crippen molar-refractivity contribution in [1.29, 1.82) is 0 Å². The van der Waals surface area contributed by atoms with Gasteiger partial charge in [0.2, 0.25) is 0 Å². The van der Waals surface area contributed by atoms with E-state index in [-0.39, 0.29) is 11.5 Å². The van der Waals surface area contributed by atoms with Crippen molar-refractivity contribution in [3.05, 3.63) is 71.8 Å². The van der Waals surface area contributed by atoms with Crippen LogP contribution in [0.25, 0.3) is 10.8 Å². The number of fused-ring (bicyclic) bond motifs is 1. The van der Waals surface area contributed by atoms with Crippen LogP contribution in [0.2, 0.25) is 0 Å². The highest BCUT2D eigenvalue weighted by molar-refractivity contribution is 6.07. The van der Waals surface area contributed by atoms with E-state index in [1.807, 2.05) is 30.3 Å². The van der Waals surface area contributed by atoms with E-state index < -0.39 is 5.97 Å². The lowest BCUT2D eigenvalue weighted by Crippen LogP contribution is -2.13. The highest BCUT2D eigenvalue weighted by Crippen LogP contribution is 2.26. The fraction of sp³-hybridized carbons (Fsp3) is 0.0526. The van der Waals surface area contributed by atoms with E-state index in [0.29, 0.717) is 17.0 Å². The fourth-order valence-corrected chi connectivity index (χ4v) is 2.46. The molecule has 5 heteroatoms. The number of amides is 1. The van der Waals surface area contributed by atoms with E-state index in [2.05, 4.69) is 5.32 Å². The Morgan fingerprint density at radius 2 is 1.62 bits per heavy atom. The normalized spacial score (nSPS) is 10.4. The number of benzene rings is 3. The third-order valence-corrected chi connectivity index (χ3v) is 3.71. The number of anilines is 1. The number of nitrogens with one attached hydrogen (secondary N) is 1. The van der Waals surface area contributed by atoms with Gasteiger partial charge in [0.15, 0.2) is 0 Å². The van der Waals surface area contributed by atoms with Crippen LogP contribution in [0.15, 0.2) is 60.7 Å². The molecule has 2 N–H and O–H groups in total. The summed E-state index contributed by atoms with van der Waals surface area (Å²) in [5.74, 6) is -1.01. The molecule has 5 nitrogen and oxygen atoms in total. The standard InChI is InChI=1S/C19H15NO4/c1-24-17-9-8-15(19(22)23)11-16(17)20-18(21)14-7-6-12-4-2-3-5-13(12)10-14/h2-11H,1H3,(H,20,21)(H,22,23). The summed E-state index contributed by atoms with van der Waals surface area (Å²) >= 11 is 0. The number of carbonyl (C=O) groups is 2. The van der Waals surface area contributed by atoms with E-state index in [1.165, 1.54) is 25.3 Å². The number of methoxy groups -OCH3 is 1. The lowest BCUT2D eigenvalue weighted by molar-refractivity contribution is 0.0696. The summed E-state index contributed by atoms with van der Waals surface area (Å²) in [5, 5.41) is 13.8. The number of carbonyl (C=O) groups excluding carboxylic acids is 1. The average molecular weight is 321 g/mol. The minimum Gasteiger partial charge on any atom is -0.495 e. The zero-order chi connectivity index (χ0) is 17.1. The van der Waals surface area contributed by atoms with E-state index in [1.54, 1.807) is 12.1 Å². The molecule has 0 aliphatic rings. The quantitative estimate of drug-likeness (QED) is 0.766. The minimum atomic E-state index is -1.07. The maximum atomic E-state index is 12.5. The molecule has 1 amide bonds. The highest BCUT2D eigenvalue weighted by atomic mass is 16.5. The van der Waals surface area contributed by atoms with Crippen LogP contribution in [0.5, 0.6) is 5.75 Å². The van der Waals surface area contributed by atoms with Crippen LogP contribution in [-0.2, 0) is 0 Å². The Kier molecular flexibility index (Phi) is 4.16. The zero-order valence-electron chi connectivity index (χ0n) is 12.9. The third kappa shape index (κ3) is 3.05. The van der Waals surface area contributed by atoms with Gasteiger partial charge in [-0.15, -0.1) is 0 Å². The molecule has 0 unspecified atom stereocenters. The third-order valence-electron chi connectivity index (χ3n) is 3.71. The number of aromatic carboxylic acids is 1. The van der Waals surface area contributed by atoms with Gasteiger partial charge in [-0.05, 0) is 41.1 Å². The number of carboxylic acids is 1. The van der Waals surface area contributed by atoms with Gasteiger partial charge < -0.3 is 15.2 Å². The van der Waals surface area contributed by atoms with Crippen molar-refractivity contribution in [1.82, 2.24) is 0 Å². The lowest BCUT2D eigenvalue weighted by atomic mass is 10.1. The van der Waals surface area contributed by atoms with Crippen LogP contribution >= 0.6 is 0 Å². The van der Waals surface area contributed by atoms with Crippen molar-refractivity contribution >= 4 is 28.3 Å². The monoisotopic (exact) mass is 321 g/mol. The van der Waals surface area contributed by atoms with Gasteiger partial charge in [0, 0.05) is 5.56 Å². The summed E-state index contributed by atoms with van der Waals surface area (Å²) in [7, 11) is 1.46. The van der Waals surface area contributed by atoms with Crippen LogP contribution in [0.4, 0.5) is 5.69 Å². The van der Waals surface area contributed by atoms with E-state index in [4.69, 9.17) is 9.84 Å². The molecule has 120 valence electrons. The molecule has 0 aliphatic heterocycles. The van der Waals surface area contributed by atoms with Gasteiger partial charge >= 0.3 is 5.97 Å². The predicted molar refractivity (Wildman–Crippen MR) is 91.9 cm³/mol. The molecule has 0 bridgehead atoms. The van der Waals surface area contributed by atoms with Gasteiger partial charge in [-0.3, -0.25) is 4.79 Å². The Morgan fingerprint density at radius 3 is 2.33 bits per heavy atom. The number of hydrogen-bond acceptors (Lipinski definition) is 3. The molecular formula is C19H15NO4. The first-order valence-corrected chi connectivity index (χ1v) is 7.30. The molecule has 0 saturated heterocycles. The topological polar surface area (TPSA) is 75.6 Å². The minimum absolute atomic E-state index is 0.0737. The van der Waals surface area contributed by atoms with Crippen LogP contribution in [0.1, 0.15) is 20.7 Å². The Labute approximate surface area is 138 Å². The zero-order valence-corrected chi connectivity index (χ0v) is 12.9. The molecular weight excluding hydrogens is 306 g/mol. The average Bonchev–Trinajstić information content (AvgIpc) is 2.61. The maximum Gasteiger partial charge on any atom is 0.335 e. The summed E-state index contributed by atoms with van der Waals surface area (Å²) in [6.45, 7) is 0. The summed E-state index contributed by atoms with van der Waals surface area (Å²) in [6, 6.07) is 17.4. The summed E-state index contributed by atoms with van der Waals surface area (Å²) in [4.78, 5) is 23.6. The number of ether oxygens (including phenoxy) is 1. The summed E-state index contributed by atoms with van der Waals surface area (Å²) in [6.07, 6.45) is 0. The maximum absolute atomic E-state index is 12.5. The molecule has 24 heavy (non-hydrogen) atoms. The Balaban J connectivity index is 1.93. The number of carboxylic acid groups (broad SMARTS) is 1. The van der Waals surface area contributed by atoms with Gasteiger partial charge in [0.05, 0.1) is 18.4 Å². The molecule has 3 aromatic rings.